The van der Waals surface area contributed by atoms with E-state index in [-0.39, 0.29) is 18.0 Å². The highest BCUT2D eigenvalue weighted by Crippen LogP contribution is 2.25. The molecular formula is C18H18FN3O2S. The summed E-state index contributed by atoms with van der Waals surface area (Å²) in [5.41, 5.74) is 1.91. The molecule has 1 heterocycles. The second-order valence-electron chi connectivity index (χ2n) is 5.93. The minimum Gasteiger partial charge on any atom is -0.368 e. The highest BCUT2D eigenvalue weighted by atomic mass is 32.2. The Morgan fingerprint density at radius 3 is 2.44 bits per heavy atom. The lowest BCUT2D eigenvalue weighted by Crippen LogP contribution is -2.49. The quantitative estimate of drug-likeness (QED) is 0.845. The summed E-state index contributed by atoms with van der Waals surface area (Å²) in [7, 11) is -3.73. The van der Waals surface area contributed by atoms with Gasteiger partial charge in [0.1, 0.15) is 11.9 Å². The average molecular weight is 359 g/mol. The number of sulfonamides is 1. The zero-order chi connectivity index (χ0) is 18.0. The van der Waals surface area contributed by atoms with Gasteiger partial charge in [0.15, 0.2) is 0 Å². The first-order valence-corrected chi connectivity index (χ1v) is 9.38. The van der Waals surface area contributed by atoms with E-state index in [1.807, 2.05) is 17.0 Å². The second kappa shape index (κ2) is 6.82. The number of anilines is 1. The van der Waals surface area contributed by atoms with Crippen molar-refractivity contribution in [3.63, 3.8) is 0 Å². The van der Waals surface area contributed by atoms with Gasteiger partial charge in [0, 0.05) is 26.2 Å². The number of para-hydroxylation sites is 1. The summed E-state index contributed by atoms with van der Waals surface area (Å²) in [5.74, 6) is -0.564. The first kappa shape index (κ1) is 17.4. The summed E-state index contributed by atoms with van der Waals surface area (Å²) in [6.07, 6.45) is 0. The van der Waals surface area contributed by atoms with Crippen LogP contribution in [0.5, 0.6) is 0 Å². The van der Waals surface area contributed by atoms with Crippen LogP contribution in [0.3, 0.4) is 0 Å². The van der Waals surface area contributed by atoms with Gasteiger partial charge in [0.25, 0.3) is 0 Å². The average Bonchev–Trinajstić information content (AvgIpc) is 2.63. The number of nitrogens with zero attached hydrogens (tertiary/aromatic N) is 3. The number of hydrogen-bond donors (Lipinski definition) is 0. The molecule has 0 atom stereocenters. The third-order valence-electron chi connectivity index (χ3n) is 4.37. The summed E-state index contributed by atoms with van der Waals surface area (Å²) in [5, 5.41) is 9.22. The van der Waals surface area contributed by atoms with Gasteiger partial charge in [0.2, 0.25) is 10.0 Å². The van der Waals surface area contributed by atoms with Crippen molar-refractivity contribution >= 4 is 15.7 Å². The molecule has 7 heteroatoms. The Labute approximate surface area is 147 Å². The first-order valence-electron chi connectivity index (χ1n) is 7.94. The van der Waals surface area contributed by atoms with Crippen LogP contribution < -0.4 is 4.90 Å². The van der Waals surface area contributed by atoms with Crippen LogP contribution in [0.2, 0.25) is 0 Å². The summed E-state index contributed by atoms with van der Waals surface area (Å²) in [4.78, 5) is 2.02. The van der Waals surface area contributed by atoms with E-state index in [2.05, 4.69) is 6.07 Å². The van der Waals surface area contributed by atoms with Crippen LogP contribution in [0.4, 0.5) is 10.1 Å². The SMILES string of the molecule is Cc1ccc(F)cc1S(=O)(=O)N1CCN(c2ccccc2C#N)CC1. The Balaban J connectivity index is 1.80. The van der Waals surface area contributed by atoms with Crippen LogP contribution >= 0.6 is 0 Å². The van der Waals surface area contributed by atoms with Crippen molar-refractivity contribution in [2.45, 2.75) is 11.8 Å². The van der Waals surface area contributed by atoms with Crippen molar-refractivity contribution in [2.75, 3.05) is 31.1 Å². The van der Waals surface area contributed by atoms with E-state index < -0.39 is 15.8 Å². The number of benzene rings is 2. The Bertz CT molecular complexity index is 930. The molecule has 0 unspecified atom stereocenters. The largest absolute Gasteiger partial charge is 0.368 e. The molecule has 0 radical (unpaired) electrons. The number of hydrogen-bond acceptors (Lipinski definition) is 4. The van der Waals surface area contributed by atoms with Crippen LogP contribution in [0.15, 0.2) is 47.4 Å². The lowest BCUT2D eigenvalue weighted by atomic mass is 10.1. The molecule has 5 nitrogen and oxygen atoms in total. The van der Waals surface area contributed by atoms with E-state index in [0.29, 0.717) is 24.2 Å². The minimum absolute atomic E-state index is 0.0124. The Morgan fingerprint density at radius 1 is 1.08 bits per heavy atom. The number of rotatable bonds is 3. The second-order valence-corrected chi connectivity index (χ2v) is 7.84. The predicted molar refractivity (Wildman–Crippen MR) is 93.3 cm³/mol. The fourth-order valence-corrected chi connectivity index (χ4v) is 4.66. The lowest BCUT2D eigenvalue weighted by molar-refractivity contribution is 0.384. The fourth-order valence-electron chi connectivity index (χ4n) is 3.00. The maximum Gasteiger partial charge on any atom is 0.243 e. The van der Waals surface area contributed by atoms with Gasteiger partial charge in [-0.1, -0.05) is 18.2 Å². The van der Waals surface area contributed by atoms with Crippen molar-refractivity contribution in [1.29, 1.82) is 5.26 Å². The molecule has 2 aromatic carbocycles. The Kier molecular flexibility index (Phi) is 4.75. The van der Waals surface area contributed by atoms with E-state index in [1.54, 1.807) is 19.1 Å². The molecule has 0 amide bonds. The third kappa shape index (κ3) is 3.36. The molecule has 2 aromatic rings. The van der Waals surface area contributed by atoms with Gasteiger partial charge in [-0.05, 0) is 36.8 Å². The molecule has 0 aliphatic carbocycles. The van der Waals surface area contributed by atoms with Gasteiger partial charge in [0.05, 0.1) is 16.1 Å². The fraction of sp³-hybridized carbons (Fsp3) is 0.278. The topological polar surface area (TPSA) is 64.4 Å². The molecular weight excluding hydrogens is 341 g/mol. The first-order chi connectivity index (χ1) is 11.9. The maximum atomic E-state index is 13.5. The van der Waals surface area contributed by atoms with E-state index >= 15 is 0 Å². The molecule has 1 saturated heterocycles. The highest BCUT2D eigenvalue weighted by molar-refractivity contribution is 7.89. The van der Waals surface area contributed by atoms with Crippen LogP contribution in [0.25, 0.3) is 0 Å². The third-order valence-corrected chi connectivity index (χ3v) is 6.41. The molecule has 25 heavy (non-hydrogen) atoms. The van der Waals surface area contributed by atoms with Gasteiger partial charge in [-0.15, -0.1) is 0 Å². The van der Waals surface area contributed by atoms with Gasteiger partial charge in [-0.25, -0.2) is 12.8 Å². The van der Waals surface area contributed by atoms with Crippen LogP contribution in [0.1, 0.15) is 11.1 Å². The zero-order valence-electron chi connectivity index (χ0n) is 13.8. The van der Waals surface area contributed by atoms with E-state index in [4.69, 9.17) is 0 Å². The Hall–Kier alpha value is -2.43. The lowest BCUT2D eigenvalue weighted by Gasteiger charge is -2.35. The van der Waals surface area contributed by atoms with Crippen molar-refractivity contribution < 1.29 is 12.8 Å². The molecule has 0 saturated carbocycles. The van der Waals surface area contributed by atoms with E-state index in [1.165, 1.54) is 16.4 Å². The molecule has 0 bridgehead atoms. The number of piperazine rings is 1. The van der Waals surface area contributed by atoms with Crippen LogP contribution in [-0.2, 0) is 10.0 Å². The van der Waals surface area contributed by atoms with Gasteiger partial charge >= 0.3 is 0 Å². The van der Waals surface area contributed by atoms with Crippen molar-refractivity contribution in [3.05, 3.63) is 59.4 Å². The molecule has 3 rings (SSSR count). The summed E-state index contributed by atoms with van der Waals surface area (Å²) in [6.45, 7) is 3.19. The smallest absolute Gasteiger partial charge is 0.243 e. The summed E-state index contributed by atoms with van der Waals surface area (Å²) < 4.78 is 40.5. The van der Waals surface area contributed by atoms with E-state index in [9.17, 15) is 18.1 Å². The van der Waals surface area contributed by atoms with Crippen molar-refractivity contribution in [3.8, 4) is 6.07 Å². The van der Waals surface area contributed by atoms with Crippen LogP contribution in [0, 0.1) is 24.1 Å². The Morgan fingerprint density at radius 2 is 1.76 bits per heavy atom. The van der Waals surface area contributed by atoms with Crippen molar-refractivity contribution in [2.24, 2.45) is 0 Å². The molecule has 0 spiro atoms. The standard InChI is InChI=1S/C18H18FN3O2S/c1-14-6-7-16(19)12-18(14)25(23,24)22-10-8-21(9-11-22)17-5-3-2-4-15(17)13-20/h2-7,12H,8-11H2,1H3. The molecule has 0 aromatic heterocycles. The molecule has 1 aliphatic rings. The highest BCUT2D eigenvalue weighted by Gasteiger charge is 2.30. The van der Waals surface area contributed by atoms with Gasteiger partial charge < -0.3 is 4.90 Å². The van der Waals surface area contributed by atoms with E-state index in [0.717, 1.165) is 11.8 Å². The molecule has 0 N–H and O–H groups in total. The molecule has 1 aliphatic heterocycles. The number of nitriles is 1. The number of aryl methyl sites for hydroxylation is 1. The summed E-state index contributed by atoms with van der Waals surface area (Å²) >= 11 is 0. The van der Waals surface area contributed by atoms with Crippen molar-refractivity contribution in [1.82, 2.24) is 4.31 Å². The minimum atomic E-state index is -3.73. The number of halogens is 1. The molecule has 1 fully saturated rings. The monoisotopic (exact) mass is 359 g/mol. The van der Waals surface area contributed by atoms with Gasteiger partial charge in [-0.2, -0.15) is 9.57 Å². The molecule has 130 valence electrons. The predicted octanol–water partition coefficient (Wildman–Crippen LogP) is 2.52. The van der Waals surface area contributed by atoms with Crippen LogP contribution in [-0.4, -0.2) is 38.9 Å². The summed E-state index contributed by atoms with van der Waals surface area (Å²) in [6, 6.07) is 13.2. The maximum absolute atomic E-state index is 13.5. The normalized spacial score (nSPS) is 15.8. The zero-order valence-corrected chi connectivity index (χ0v) is 14.6. The van der Waals surface area contributed by atoms with Gasteiger partial charge in [-0.3, -0.25) is 0 Å².